The van der Waals surface area contributed by atoms with Crippen molar-refractivity contribution in [3.05, 3.63) is 119 Å². The number of phenolic OH excluding ortho intramolecular Hbond substituents is 2. The molecule has 2 N–H and O–H groups in total. The molecule has 0 aliphatic carbocycles. The average Bonchev–Trinajstić information content (AvgIpc) is 2.86. The first-order chi connectivity index (χ1) is 17.5. The highest BCUT2D eigenvalue weighted by atomic mass is 16.3. The van der Waals surface area contributed by atoms with E-state index >= 15 is 0 Å². The molecule has 0 spiro atoms. The maximum absolute atomic E-state index is 11.4. The summed E-state index contributed by atoms with van der Waals surface area (Å²) >= 11 is 0. The number of hydrogen-bond donors (Lipinski definition) is 2. The quantitative estimate of drug-likeness (QED) is 0.249. The third-order valence-electron chi connectivity index (χ3n) is 7.47. The van der Waals surface area contributed by atoms with Crippen LogP contribution in [0, 0.1) is 0 Å². The molecule has 5 rings (SSSR count). The monoisotopic (exact) mass is 488 g/mol. The summed E-state index contributed by atoms with van der Waals surface area (Å²) in [6.45, 7) is 12.9. The fraction of sp³-hybridized carbons (Fsp3) is 0.257. The van der Waals surface area contributed by atoms with Crippen LogP contribution in [-0.2, 0) is 10.8 Å². The molecular weight excluding hydrogens is 452 g/mol. The van der Waals surface area contributed by atoms with Crippen LogP contribution < -0.4 is 0 Å². The summed E-state index contributed by atoms with van der Waals surface area (Å²) in [6, 6.07) is 31.3. The Morgan fingerprint density at radius 3 is 1.22 bits per heavy atom. The first kappa shape index (κ1) is 24.9. The smallest absolute Gasteiger partial charge is 0.127 e. The summed E-state index contributed by atoms with van der Waals surface area (Å²) in [5.74, 6) is 0.605. The zero-order valence-electron chi connectivity index (χ0n) is 22.6. The van der Waals surface area contributed by atoms with Crippen molar-refractivity contribution in [3.8, 4) is 11.5 Å². The lowest BCUT2D eigenvalue weighted by atomic mass is 9.75. The van der Waals surface area contributed by atoms with Crippen LogP contribution in [0.3, 0.4) is 0 Å². The molecule has 0 amide bonds. The molecular formula is C35H36O2. The standard InChI is InChI=1S/C35H36O2/c1-34(2,3)29-20-27(23-16-10-12-18-25(23)32(29)36)31(22-14-8-7-9-15-22)28-21-30(35(4,5)6)33(37)26-19-13-11-17-24(26)28/h7-21,31,36-37H,1-6H3. The molecule has 37 heavy (non-hydrogen) atoms. The Morgan fingerprint density at radius 1 is 0.486 bits per heavy atom. The Morgan fingerprint density at radius 2 is 0.838 bits per heavy atom. The number of hydrogen-bond acceptors (Lipinski definition) is 2. The van der Waals surface area contributed by atoms with Crippen molar-refractivity contribution in [2.24, 2.45) is 0 Å². The van der Waals surface area contributed by atoms with E-state index < -0.39 is 0 Å². The minimum Gasteiger partial charge on any atom is -0.507 e. The number of aromatic hydroxyl groups is 2. The number of phenols is 2. The lowest BCUT2D eigenvalue weighted by Gasteiger charge is -2.29. The molecule has 0 heterocycles. The van der Waals surface area contributed by atoms with Crippen molar-refractivity contribution in [2.45, 2.75) is 58.3 Å². The number of rotatable bonds is 3. The van der Waals surface area contributed by atoms with Gasteiger partial charge in [0.15, 0.2) is 0 Å². The molecule has 0 aliphatic rings. The van der Waals surface area contributed by atoms with Gasteiger partial charge < -0.3 is 10.2 Å². The molecule has 0 atom stereocenters. The van der Waals surface area contributed by atoms with E-state index in [9.17, 15) is 10.2 Å². The maximum Gasteiger partial charge on any atom is 0.127 e. The molecule has 188 valence electrons. The van der Waals surface area contributed by atoms with Crippen LogP contribution >= 0.6 is 0 Å². The third kappa shape index (κ3) is 4.35. The highest BCUT2D eigenvalue weighted by Gasteiger charge is 2.29. The topological polar surface area (TPSA) is 40.5 Å². The third-order valence-corrected chi connectivity index (χ3v) is 7.47. The summed E-state index contributed by atoms with van der Waals surface area (Å²) in [4.78, 5) is 0. The minimum atomic E-state index is -0.238. The van der Waals surface area contributed by atoms with Gasteiger partial charge in [0.05, 0.1) is 0 Å². The normalized spacial score (nSPS) is 12.5. The van der Waals surface area contributed by atoms with Crippen molar-refractivity contribution in [1.82, 2.24) is 0 Å². The van der Waals surface area contributed by atoms with Gasteiger partial charge in [-0.05, 0) is 50.4 Å². The number of benzene rings is 5. The van der Waals surface area contributed by atoms with E-state index in [2.05, 4.69) is 90.1 Å². The van der Waals surface area contributed by atoms with Crippen LogP contribution in [-0.4, -0.2) is 10.2 Å². The molecule has 0 saturated heterocycles. The van der Waals surface area contributed by atoms with E-state index in [1.54, 1.807) is 0 Å². The lowest BCUT2D eigenvalue weighted by molar-refractivity contribution is 0.452. The Balaban J connectivity index is 1.97. The summed E-state index contributed by atoms with van der Waals surface area (Å²) in [5, 5.41) is 26.5. The Bertz CT molecular complexity index is 1500. The van der Waals surface area contributed by atoms with Crippen LogP contribution in [0.4, 0.5) is 0 Å². The van der Waals surface area contributed by atoms with Crippen molar-refractivity contribution in [2.75, 3.05) is 0 Å². The van der Waals surface area contributed by atoms with Gasteiger partial charge in [-0.2, -0.15) is 0 Å². The van der Waals surface area contributed by atoms with Crippen molar-refractivity contribution in [1.29, 1.82) is 0 Å². The van der Waals surface area contributed by atoms with Gasteiger partial charge in [0.2, 0.25) is 0 Å². The zero-order valence-corrected chi connectivity index (χ0v) is 22.6. The fourth-order valence-corrected chi connectivity index (χ4v) is 5.57. The second kappa shape index (κ2) is 8.95. The van der Waals surface area contributed by atoms with E-state index in [1.165, 1.54) is 5.56 Å². The van der Waals surface area contributed by atoms with Gasteiger partial charge in [-0.15, -0.1) is 0 Å². The first-order valence-electron chi connectivity index (χ1n) is 13.0. The molecule has 0 radical (unpaired) electrons. The van der Waals surface area contributed by atoms with Crippen LogP contribution in [0.5, 0.6) is 11.5 Å². The molecule has 0 aliphatic heterocycles. The van der Waals surface area contributed by atoms with Gasteiger partial charge in [-0.1, -0.05) is 120 Å². The van der Waals surface area contributed by atoms with Crippen LogP contribution in [0.15, 0.2) is 91.0 Å². The summed E-state index contributed by atoms with van der Waals surface area (Å²) in [5.41, 5.74) is 4.87. The predicted molar refractivity (Wildman–Crippen MR) is 156 cm³/mol. The van der Waals surface area contributed by atoms with Gasteiger partial charge in [-0.25, -0.2) is 0 Å². The summed E-state index contributed by atoms with van der Waals surface area (Å²) in [6.07, 6.45) is 0. The maximum atomic E-state index is 11.4. The van der Waals surface area contributed by atoms with E-state index in [1.807, 2.05) is 42.5 Å². The molecule has 0 bridgehead atoms. The van der Waals surface area contributed by atoms with Crippen LogP contribution in [0.2, 0.25) is 0 Å². The second-order valence-corrected chi connectivity index (χ2v) is 12.2. The Kier molecular flexibility index (Phi) is 6.02. The van der Waals surface area contributed by atoms with E-state index in [0.29, 0.717) is 11.5 Å². The molecule has 0 fully saturated rings. The minimum absolute atomic E-state index is 0.0978. The molecule has 5 aromatic carbocycles. The second-order valence-electron chi connectivity index (χ2n) is 12.2. The van der Waals surface area contributed by atoms with Gasteiger partial charge in [0, 0.05) is 27.8 Å². The Hall–Kier alpha value is -3.78. The lowest BCUT2D eigenvalue weighted by Crippen LogP contribution is -2.15. The molecule has 0 aromatic heterocycles. The molecule has 2 nitrogen and oxygen atoms in total. The zero-order chi connectivity index (χ0) is 26.5. The van der Waals surface area contributed by atoms with Gasteiger partial charge >= 0.3 is 0 Å². The van der Waals surface area contributed by atoms with Gasteiger partial charge in [-0.3, -0.25) is 0 Å². The molecule has 2 heteroatoms. The Labute approximate surface area is 220 Å². The van der Waals surface area contributed by atoms with Crippen molar-refractivity contribution in [3.63, 3.8) is 0 Å². The van der Waals surface area contributed by atoms with E-state index in [4.69, 9.17) is 0 Å². The SMILES string of the molecule is CC(C)(C)c1cc(C(c2ccccc2)c2cc(C(C)(C)C)c(O)c3ccccc23)c2ccccc2c1O. The van der Waals surface area contributed by atoms with Crippen LogP contribution in [0.25, 0.3) is 21.5 Å². The predicted octanol–water partition coefficient (Wildman–Crippen LogP) is 9.18. The molecule has 0 saturated carbocycles. The molecule has 5 aromatic rings. The first-order valence-corrected chi connectivity index (χ1v) is 13.0. The highest BCUT2D eigenvalue weighted by molar-refractivity contribution is 5.97. The summed E-state index contributed by atoms with van der Waals surface area (Å²) in [7, 11) is 0. The largest absolute Gasteiger partial charge is 0.507 e. The van der Waals surface area contributed by atoms with Crippen molar-refractivity contribution >= 4 is 21.5 Å². The van der Waals surface area contributed by atoms with Gasteiger partial charge in [0.25, 0.3) is 0 Å². The van der Waals surface area contributed by atoms with E-state index in [0.717, 1.165) is 43.8 Å². The summed E-state index contributed by atoms with van der Waals surface area (Å²) < 4.78 is 0. The van der Waals surface area contributed by atoms with Crippen molar-refractivity contribution < 1.29 is 10.2 Å². The average molecular weight is 489 g/mol. The highest BCUT2D eigenvalue weighted by Crippen LogP contribution is 2.47. The fourth-order valence-electron chi connectivity index (χ4n) is 5.57. The van der Waals surface area contributed by atoms with Gasteiger partial charge in [0.1, 0.15) is 11.5 Å². The molecule has 0 unspecified atom stereocenters. The number of fused-ring (bicyclic) bond motifs is 2. The van der Waals surface area contributed by atoms with Crippen LogP contribution in [0.1, 0.15) is 75.3 Å². The van der Waals surface area contributed by atoms with E-state index in [-0.39, 0.29) is 16.7 Å².